The Balaban J connectivity index is 1.49. The van der Waals surface area contributed by atoms with Crippen molar-refractivity contribution in [3.8, 4) is 0 Å². The molecule has 1 aliphatic carbocycles. The van der Waals surface area contributed by atoms with Crippen LogP contribution in [-0.4, -0.2) is 33.6 Å². The van der Waals surface area contributed by atoms with Gasteiger partial charge in [-0.2, -0.15) is 0 Å². The van der Waals surface area contributed by atoms with Gasteiger partial charge in [0.25, 0.3) is 0 Å². The number of hydrogen-bond acceptors (Lipinski definition) is 5. The summed E-state index contributed by atoms with van der Waals surface area (Å²) in [6.07, 6.45) is 3.31. The van der Waals surface area contributed by atoms with Gasteiger partial charge in [0.2, 0.25) is 11.8 Å². The highest BCUT2D eigenvalue weighted by Gasteiger charge is 2.33. The number of amides is 2. The molecule has 166 valence electrons. The maximum Gasteiger partial charge on any atom is 0.328 e. The predicted octanol–water partition coefficient (Wildman–Crippen LogP) is 3.42. The van der Waals surface area contributed by atoms with Gasteiger partial charge < -0.3 is 20.3 Å². The molecular formula is C23H29N3O5. The molecule has 2 aromatic rings. The molecule has 1 saturated carbocycles. The van der Waals surface area contributed by atoms with Gasteiger partial charge in [-0.15, -0.1) is 0 Å². The zero-order chi connectivity index (χ0) is 22.6. The Kier molecular flexibility index (Phi) is 6.77. The van der Waals surface area contributed by atoms with Gasteiger partial charge >= 0.3 is 5.97 Å². The largest absolute Gasteiger partial charge is 0.480 e. The molecule has 0 spiro atoms. The summed E-state index contributed by atoms with van der Waals surface area (Å²) in [5, 5.41) is 18.4. The lowest BCUT2D eigenvalue weighted by Crippen LogP contribution is -2.51. The minimum Gasteiger partial charge on any atom is -0.480 e. The molecule has 31 heavy (non-hydrogen) atoms. The number of nitrogens with one attached hydrogen (secondary N) is 2. The SMILES string of the molecule is Cc1cc(CC(=O)Nc2ccc(C3CCC(C(=O)NC(C)(C)C(=O)O)CC3)cc2)on1. The number of carbonyl (C=O) groups excluding carboxylic acids is 2. The van der Waals surface area contributed by atoms with Crippen LogP contribution in [-0.2, 0) is 20.8 Å². The van der Waals surface area contributed by atoms with Crippen LogP contribution in [0.4, 0.5) is 5.69 Å². The summed E-state index contributed by atoms with van der Waals surface area (Å²) in [7, 11) is 0. The topological polar surface area (TPSA) is 122 Å². The Morgan fingerprint density at radius 2 is 1.77 bits per heavy atom. The van der Waals surface area contributed by atoms with Gasteiger partial charge in [-0.3, -0.25) is 9.59 Å². The normalized spacial score (nSPS) is 18.9. The number of aliphatic carboxylic acids is 1. The Morgan fingerprint density at radius 1 is 1.13 bits per heavy atom. The van der Waals surface area contributed by atoms with Crippen molar-refractivity contribution in [3.05, 3.63) is 47.3 Å². The number of nitrogens with zero attached hydrogens (tertiary/aromatic N) is 1. The van der Waals surface area contributed by atoms with E-state index in [9.17, 15) is 19.5 Å². The van der Waals surface area contributed by atoms with E-state index in [0.717, 1.165) is 31.4 Å². The van der Waals surface area contributed by atoms with E-state index in [0.29, 0.717) is 17.4 Å². The molecule has 1 aliphatic rings. The molecule has 0 atom stereocenters. The summed E-state index contributed by atoms with van der Waals surface area (Å²) < 4.78 is 5.07. The molecule has 1 heterocycles. The number of carboxylic acid groups (broad SMARTS) is 1. The molecule has 0 aliphatic heterocycles. The number of rotatable bonds is 7. The highest BCUT2D eigenvalue weighted by Crippen LogP contribution is 2.36. The smallest absolute Gasteiger partial charge is 0.328 e. The van der Waals surface area contributed by atoms with Crippen molar-refractivity contribution < 1.29 is 24.0 Å². The van der Waals surface area contributed by atoms with E-state index in [1.807, 2.05) is 24.3 Å². The van der Waals surface area contributed by atoms with Crippen LogP contribution in [0.15, 0.2) is 34.9 Å². The number of hydrogen-bond donors (Lipinski definition) is 3. The molecule has 3 rings (SSSR count). The molecule has 1 aromatic carbocycles. The zero-order valence-corrected chi connectivity index (χ0v) is 18.1. The number of benzene rings is 1. The first-order valence-corrected chi connectivity index (χ1v) is 10.5. The lowest BCUT2D eigenvalue weighted by Gasteiger charge is -2.30. The monoisotopic (exact) mass is 427 g/mol. The highest BCUT2D eigenvalue weighted by atomic mass is 16.5. The van der Waals surface area contributed by atoms with E-state index < -0.39 is 11.5 Å². The average molecular weight is 428 g/mol. The lowest BCUT2D eigenvalue weighted by atomic mass is 9.78. The van der Waals surface area contributed by atoms with Crippen LogP contribution in [0.25, 0.3) is 0 Å². The fraction of sp³-hybridized carbons (Fsp3) is 0.478. The minimum absolute atomic E-state index is 0.132. The standard InChI is InChI=1S/C23H29N3O5/c1-14-12-19(31-26-14)13-20(27)24-18-10-8-16(9-11-18)15-4-6-17(7-5-15)21(28)25-23(2,3)22(29)30/h8-12,15,17H,4-7,13H2,1-3H3,(H,24,27)(H,25,28)(H,29,30). The first-order valence-electron chi connectivity index (χ1n) is 10.5. The van der Waals surface area contributed by atoms with Crippen LogP contribution in [0.1, 0.15) is 62.5 Å². The van der Waals surface area contributed by atoms with Crippen LogP contribution in [0.2, 0.25) is 0 Å². The molecule has 0 unspecified atom stereocenters. The second-order valence-corrected chi connectivity index (χ2v) is 8.75. The third-order valence-electron chi connectivity index (χ3n) is 5.75. The average Bonchev–Trinajstić information content (AvgIpc) is 3.12. The third-order valence-corrected chi connectivity index (χ3v) is 5.75. The molecule has 1 fully saturated rings. The lowest BCUT2D eigenvalue weighted by molar-refractivity contribution is -0.146. The van der Waals surface area contributed by atoms with Gasteiger partial charge in [0.05, 0.1) is 12.1 Å². The van der Waals surface area contributed by atoms with Gasteiger partial charge in [-0.1, -0.05) is 17.3 Å². The van der Waals surface area contributed by atoms with Crippen LogP contribution >= 0.6 is 0 Å². The summed E-state index contributed by atoms with van der Waals surface area (Å²) in [5.41, 5.74) is 1.37. The van der Waals surface area contributed by atoms with E-state index in [2.05, 4.69) is 15.8 Å². The van der Waals surface area contributed by atoms with E-state index in [1.165, 1.54) is 19.4 Å². The van der Waals surface area contributed by atoms with Crippen molar-refractivity contribution in [1.82, 2.24) is 10.5 Å². The van der Waals surface area contributed by atoms with Crippen molar-refractivity contribution >= 4 is 23.5 Å². The van der Waals surface area contributed by atoms with Crippen molar-refractivity contribution in [2.45, 2.75) is 64.3 Å². The Bertz CT molecular complexity index is 940. The van der Waals surface area contributed by atoms with Crippen molar-refractivity contribution in [2.24, 2.45) is 5.92 Å². The third kappa shape index (κ3) is 5.93. The molecule has 0 radical (unpaired) electrons. The van der Waals surface area contributed by atoms with Crippen molar-refractivity contribution in [2.75, 3.05) is 5.32 Å². The van der Waals surface area contributed by atoms with Gasteiger partial charge in [-0.05, 0) is 70.1 Å². The summed E-state index contributed by atoms with van der Waals surface area (Å²) in [6, 6.07) is 9.52. The second kappa shape index (κ2) is 9.32. The first-order chi connectivity index (χ1) is 14.6. The maximum absolute atomic E-state index is 12.4. The van der Waals surface area contributed by atoms with Crippen LogP contribution in [0.5, 0.6) is 0 Å². The predicted molar refractivity (Wildman–Crippen MR) is 115 cm³/mol. The fourth-order valence-electron chi connectivity index (χ4n) is 3.85. The number of carboxylic acids is 1. The Labute approximate surface area is 181 Å². The van der Waals surface area contributed by atoms with Gasteiger partial charge in [0.15, 0.2) is 0 Å². The van der Waals surface area contributed by atoms with Crippen LogP contribution in [0.3, 0.4) is 0 Å². The van der Waals surface area contributed by atoms with Crippen LogP contribution < -0.4 is 10.6 Å². The number of carbonyl (C=O) groups is 3. The number of aromatic nitrogens is 1. The van der Waals surface area contributed by atoms with E-state index in [1.54, 1.807) is 13.0 Å². The van der Waals surface area contributed by atoms with E-state index in [4.69, 9.17) is 4.52 Å². The van der Waals surface area contributed by atoms with Crippen molar-refractivity contribution in [1.29, 1.82) is 0 Å². The summed E-state index contributed by atoms with van der Waals surface area (Å²) in [4.78, 5) is 35.8. The van der Waals surface area contributed by atoms with E-state index >= 15 is 0 Å². The Morgan fingerprint density at radius 3 is 2.32 bits per heavy atom. The minimum atomic E-state index is -1.26. The molecule has 1 aromatic heterocycles. The van der Waals surface area contributed by atoms with Crippen molar-refractivity contribution in [3.63, 3.8) is 0 Å². The van der Waals surface area contributed by atoms with E-state index in [-0.39, 0.29) is 24.2 Å². The molecule has 3 N–H and O–H groups in total. The fourth-order valence-corrected chi connectivity index (χ4v) is 3.85. The second-order valence-electron chi connectivity index (χ2n) is 8.75. The summed E-state index contributed by atoms with van der Waals surface area (Å²) in [6.45, 7) is 4.79. The molecule has 8 nitrogen and oxygen atoms in total. The van der Waals surface area contributed by atoms with Crippen LogP contribution in [0, 0.1) is 12.8 Å². The van der Waals surface area contributed by atoms with Gasteiger partial charge in [0, 0.05) is 17.7 Å². The molecule has 0 bridgehead atoms. The molecule has 2 amide bonds. The summed E-state index contributed by atoms with van der Waals surface area (Å²) >= 11 is 0. The number of aryl methyl sites for hydroxylation is 1. The van der Waals surface area contributed by atoms with Gasteiger partial charge in [-0.25, -0.2) is 4.79 Å². The first kappa shape index (κ1) is 22.5. The molecular weight excluding hydrogens is 398 g/mol. The quantitative estimate of drug-likeness (QED) is 0.622. The number of anilines is 1. The Hall–Kier alpha value is -3.16. The van der Waals surface area contributed by atoms with Gasteiger partial charge in [0.1, 0.15) is 11.3 Å². The maximum atomic E-state index is 12.4. The highest BCUT2D eigenvalue weighted by molar-refractivity contribution is 5.92. The molecule has 8 heteroatoms. The molecule has 0 saturated heterocycles. The zero-order valence-electron chi connectivity index (χ0n) is 18.1. The summed E-state index contributed by atoms with van der Waals surface area (Å²) in [5.74, 6) is -0.686.